The van der Waals surface area contributed by atoms with Crippen molar-refractivity contribution in [3.8, 4) is 0 Å². The molecule has 1 amide bonds. The Morgan fingerprint density at radius 3 is 2.90 bits per heavy atom. The second-order valence-electron chi connectivity index (χ2n) is 5.01. The van der Waals surface area contributed by atoms with Crippen molar-refractivity contribution in [3.63, 3.8) is 0 Å². The van der Waals surface area contributed by atoms with E-state index in [4.69, 9.17) is 5.11 Å². The number of benzene rings is 1. The molecule has 6 heteroatoms. The van der Waals surface area contributed by atoms with Crippen LogP contribution in [0.4, 0.5) is 5.69 Å². The molecule has 1 unspecified atom stereocenters. The number of hydrogen-bond acceptors (Lipinski definition) is 3. The maximum atomic E-state index is 11.1. The van der Waals surface area contributed by atoms with Crippen molar-refractivity contribution in [1.82, 2.24) is 5.32 Å². The summed E-state index contributed by atoms with van der Waals surface area (Å²) in [6.45, 7) is 3.07. The number of nitrogens with one attached hydrogen (secondary N) is 1. The predicted molar refractivity (Wildman–Crippen MR) is 85.2 cm³/mol. The smallest absolute Gasteiger partial charge is 0.328 e. The van der Waals surface area contributed by atoms with E-state index < -0.39 is 5.97 Å². The lowest BCUT2D eigenvalue weighted by atomic mass is 10.1. The molecule has 21 heavy (non-hydrogen) atoms. The molecule has 2 rings (SSSR count). The molecule has 112 valence electrons. The minimum Gasteiger partial charge on any atom is -0.478 e. The van der Waals surface area contributed by atoms with Gasteiger partial charge in [0.25, 0.3) is 0 Å². The molecule has 0 radical (unpaired) electrons. The van der Waals surface area contributed by atoms with Crippen molar-refractivity contribution in [2.75, 3.05) is 18.0 Å². The lowest BCUT2D eigenvalue weighted by molar-refractivity contribution is -0.131. The maximum Gasteiger partial charge on any atom is 0.328 e. The van der Waals surface area contributed by atoms with Crippen LogP contribution < -0.4 is 10.2 Å². The Balaban J connectivity index is 2.20. The number of halogens is 1. The van der Waals surface area contributed by atoms with Gasteiger partial charge in [0, 0.05) is 42.3 Å². The molecule has 5 nitrogen and oxygen atoms in total. The molecule has 1 aliphatic heterocycles. The minimum atomic E-state index is -0.971. The first-order valence-corrected chi connectivity index (χ1v) is 7.47. The van der Waals surface area contributed by atoms with Gasteiger partial charge < -0.3 is 15.3 Å². The van der Waals surface area contributed by atoms with Gasteiger partial charge in [-0.2, -0.15) is 0 Å². The van der Waals surface area contributed by atoms with Gasteiger partial charge >= 0.3 is 5.97 Å². The average molecular weight is 353 g/mol. The van der Waals surface area contributed by atoms with Gasteiger partial charge in [0.15, 0.2) is 0 Å². The summed E-state index contributed by atoms with van der Waals surface area (Å²) in [5.74, 6) is -0.997. The standard InChI is InChI=1S/C15H17BrN2O3/c1-10(19)17-13-6-7-18(9-13)14-8-12(16)4-2-11(14)3-5-15(20)21/h2-5,8,13H,6-7,9H2,1H3,(H,17,19)(H,20,21)/b5-3+. The van der Waals surface area contributed by atoms with E-state index in [1.54, 1.807) is 6.08 Å². The third kappa shape index (κ3) is 4.32. The molecule has 1 heterocycles. The Morgan fingerprint density at radius 1 is 1.48 bits per heavy atom. The van der Waals surface area contributed by atoms with Crippen molar-refractivity contribution in [1.29, 1.82) is 0 Å². The zero-order valence-corrected chi connectivity index (χ0v) is 13.3. The lowest BCUT2D eigenvalue weighted by Gasteiger charge is -2.21. The number of hydrogen-bond donors (Lipinski definition) is 2. The summed E-state index contributed by atoms with van der Waals surface area (Å²) in [4.78, 5) is 24.0. The number of nitrogens with zero attached hydrogens (tertiary/aromatic N) is 1. The van der Waals surface area contributed by atoms with E-state index in [9.17, 15) is 9.59 Å². The molecule has 0 saturated carbocycles. The second kappa shape index (κ2) is 6.76. The number of rotatable bonds is 4. The van der Waals surface area contributed by atoms with Crippen LogP contribution in [0.15, 0.2) is 28.7 Å². The number of carboxylic acid groups (broad SMARTS) is 1. The van der Waals surface area contributed by atoms with E-state index in [0.717, 1.165) is 41.3 Å². The Hall–Kier alpha value is -1.82. The van der Waals surface area contributed by atoms with Crippen molar-refractivity contribution in [2.45, 2.75) is 19.4 Å². The lowest BCUT2D eigenvalue weighted by Crippen LogP contribution is -2.35. The van der Waals surface area contributed by atoms with Gasteiger partial charge in [0.2, 0.25) is 5.91 Å². The minimum absolute atomic E-state index is 0.0258. The third-order valence-corrected chi connectivity index (χ3v) is 3.83. The second-order valence-corrected chi connectivity index (χ2v) is 5.92. The number of carbonyl (C=O) groups excluding carboxylic acids is 1. The summed E-state index contributed by atoms with van der Waals surface area (Å²) < 4.78 is 0.938. The Morgan fingerprint density at radius 2 is 2.24 bits per heavy atom. The molecule has 1 atom stereocenters. The maximum absolute atomic E-state index is 11.1. The molecule has 1 fully saturated rings. The number of anilines is 1. The van der Waals surface area contributed by atoms with E-state index in [2.05, 4.69) is 26.1 Å². The molecule has 1 aromatic carbocycles. The van der Waals surface area contributed by atoms with Crippen molar-refractivity contribution >= 4 is 39.6 Å². The van der Waals surface area contributed by atoms with Crippen molar-refractivity contribution in [3.05, 3.63) is 34.3 Å². The molecule has 0 aliphatic carbocycles. The summed E-state index contributed by atoms with van der Waals surface area (Å²) in [6, 6.07) is 5.87. The van der Waals surface area contributed by atoms with Gasteiger partial charge in [0.05, 0.1) is 0 Å². The van der Waals surface area contributed by atoms with Crippen LogP contribution in [-0.4, -0.2) is 36.1 Å². The van der Waals surface area contributed by atoms with Crippen LogP contribution >= 0.6 is 15.9 Å². The first-order valence-electron chi connectivity index (χ1n) is 6.68. The van der Waals surface area contributed by atoms with Crippen molar-refractivity contribution in [2.24, 2.45) is 0 Å². The van der Waals surface area contributed by atoms with Gasteiger partial charge in [-0.25, -0.2) is 4.79 Å². The summed E-state index contributed by atoms with van der Waals surface area (Å²) in [5, 5.41) is 11.7. The van der Waals surface area contributed by atoms with E-state index in [1.807, 2.05) is 18.2 Å². The largest absolute Gasteiger partial charge is 0.478 e. The highest BCUT2D eigenvalue weighted by Crippen LogP contribution is 2.29. The fourth-order valence-corrected chi connectivity index (χ4v) is 2.83. The first kappa shape index (κ1) is 15.6. The number of aliphatic carboxylic acids is 1. The van der Waals surface area contributed by atoms with Gasteiger partial charge in [-0.1, -0.05) is 22.0 Å². The van der Waals surface area contributed by atoms with Crippen molar-refractivity contribution < 1.29 is 14.7 Å². The molecular weight excluding hydrogens is 336 g/mol. The fraction of sp³-hybridized carbons (Fsp3) is 0.333. The Bertz CT molecular complexity index is 586. The van der Waals surface area contributed by atoms with Crippen LogP contribution in [-0.2, 0) is 9.59 Å². The van der Waals surface area contributed by atoms with Gasteiger partial charge in [-0.05, 0) is 30.2 Å². The summed E-state index contributed by atoms with van der Waals surface area (Å²) in [7, 11) is 0. The molecule has 0 bridgehead atoms. The van der Waals surface area contributed by atoms with E-state index in [0.29, 0.717) is 0 Å². The topological polar surface area (TPSA) is 69.6 Å². The van der Waals surface area contributed by atoms with Crippen LogP contribution in [0, 0.1) is 0 Å². The molecule has 0 aromatic heterocycles. The highest BCUT2D eigenvalue weighted by atomic mass is 79.9. The normalized spacial score (nSPS) is 18.2. The molecule has 2 N–H and O–H groups in total. The van der Waals surface area contributed by atoms with Crippen LogP contribution in [0.1, 0.15) is 18.9 Å². The Labute approximate surface area is 131 Å². The summed E-state index contributed by atoms with van der Waals surface area (Å²) in [5.41, 5.74) is 1.82. The van der Waals surface area contributed by atoms with Gasteiger partial charge in [0.1, 0.15) is 0 Å². The molecule has 1 aromatic rings. The number of carboxylic acids is 1. The van der Waals surface area contributed by atoms with E-state index >= 15 is 0 Å². The van der Waals surface area contributed by atoms with E-state index in [-0.39, 0.29) is 11.9 Å². The highest BCUT2D eigenvalue weighted by molar-refractivity contribution is 9.10. The zero-order chi connectivity index (χ0) is 15.4. The molecule has 1 aliphatic rings. The van der Waals surface area contributed by atoms with Gasteiger partial charge in [-0.15, -0.1) is 0 Å². The zero-order valence-electron chi connectivity index (χ0n) is 11.7. The predicted octanol–water partition coefficient (Wildman–Crippen LogP) is 2.26. The van der Waals surface area contributed by atoms with Crippen LogP contribution in [0.2, 0.25) is 0 Å². The van der Waals surface area contributed by atoms with Crippen LogP contribution in [0.25, 0.3) is 6.08 Å². The molecule has 1 saturated heterocycles. The third-order valence-electron chi connectivity index (χ3n) is 3.33. The SMILES string of the molecule is CC(=O)NC1CCN(c2cc(Br)ccc2/C=C/C(=O)O)C1. The van der Waals surface area contributed by atoms with Crippen LogP contribution in [0.5, 0.6) is 0 Å². The summed E-state index contributed by atoms with van der Waals surface area (Å²) in [6.07, 6.45) is 3.61. The Kier molecular flexibility index (Phi) is 5.01. The highest BCUT2D eigenvalue weighted by Gasteiger charge is 2.24. The summed E-state index contributed by atoms with van der Waals surface area (Å²) >= 11 is 3.44. The number of carbonyl (C=O) groups is 2. The number of amides is 1. The molecule has 0 spiro atoms. The fourth-order valence-electron chi connectivity index (χ4n) is 2.48. The monoisotopic (exact) mass is 352 g/mol. The average Bonchev–Trinajstić information content (AvgIpc) is 2.84. The van der Waals surface area contributed by atoms with Gasteiger partial charge in [-0.3, -0.25) is 4.79 Å². The molecular formula is C15H17BrN2O3. The quantitative estimate of drug-likeness (QED) is 0.815. The van der Waals surface area contributed by atoms with Crippen LogP contribution in [0.3, 0.4) is 0 Å². The first-order chi connectivity index (χ1) is 9.95. The van der Waals surface area contributed by atoms with E-state index in [1.165, 1.54) is 6.92 Å².